The van der Waals surface area contributed by atoms with Gasteiger partial charge in [0.15, 0.2) is 0 Å². The molecule has 3 aromatic rings. The zero-order valence-electron chi connectivity index (χ0n) is 19.8. The fourth-order valence-corrected chi connectivity index (χ4v) is 2.66. The second-order valence-electron chi connectivity index (χ2n) is 6.81. The van der Waals surface area contributed by atoms with E-state index < -0.39 is 20.5 Å². The molecular formula is C21H22Cl2FeN5O10+2. The molecule has 1 N–H and O–H groups in total. The van der Waals surface area contributed by atoms with E-state index in [0.29, 0.717) is 26.2 Å². The first kappa shape index (κ1) is 38.5. The van der Waals surface area contributed by atoms with Gasteiger partial charge >= 0.3 is 27.3 Å². The molecule has 15 nitrogen and oxygen atoms in total. The van der Waals surface area contributed by atoms with Crippen molar-refractivity contribution < 1.29 is 84.4 Å². The zero-order valence-corrected chi connectivity index (χ0v) is 22.4. The summed E-state index contributed by atoms with van der Waals surface area (Å²) in [5.74, 6) is -0.0132. The van der Waals surface area contributed by atoms with E-state index in [-0.39, 0.29) is 23.0 Å². The molecule has 1 amide bonds. The molecule has 18 heteroatoms. The van der Waals surface area contributed by atoms with Crippen LogP contribution in [0.4, 0.5) is 0 Å². The van der Waals surface area contributed by atoms with Gasteiger partial charge in [0.05, 0.1) is 17.9 Å². The number of carbonyl (C=O) groups excluding carboxylic acids is 1. The van der Waals surface area contributed by atoms with Crippen molar-refractivity contribution >= 4 is 5.91 Å². The number of carbonyl (C=O) groups is 1. The summed E-state index contributed by atoms with van der Waals surface area (Å²) in [4.78, 5) is 23.2. The Morgan fingerprint density at radius 3 is 1.49 bits per heavy atom. The number of rotatable bonds is 8. The molecule has 0 bridgehead atoms. The number of hydrogen-bond acceptors (Lipinski definition) is 13. The van der Waals surface area contributed by atoms with Gasteiger partial charge in [-0.2, -0.15) is 0 Å². The number of hydrogen-bond donors (Lipinski definition) is 1. The summed E-state index contributed by atoms with van der Waals surface area (Å²) in [6, 6.07) is 21.5. The summed E-state index contributed by atoms with van der Waals surface area (Å²) in [6.45, 7) is 2.01. The van der Waals surface area contributed by atoms with E-state index >= 15 is 0 Å². The molecule has 2 aromatic heterocycles. The standard InChI is InChI=1S/C21H22N4O.2ClHO4.Fe.NO/c26-21(24-14-18-8-2-1-3-9-18)17-25(15-19-10-4-6-12-22-19)16-20-11-5-7-13-23-20;2*2-1(3,4)5;;1-2/h1-13H,14-17H2,(H,24,26);2*(H,2,3,4,5);;/q;;;+3;+1/p-2. The van der Waals surface area contributed by atoms with Crippen LogP contribution in [0.25, 0.3) is 0 Å². The van der Waals surface area contributed by atoms with E-state index in [1.54, 1.807) is 12.4 Å². The second kappa shape index (κ2) is 21.2. The molecule has 39 heavy (non-hydrogen) atoms. The van der Waals surface area contributed by atoms with Crippen LogP contribution in [0.2, 0.25) is 0 Å². The van der Waals surface area contributed by atoms with Crippen LogP contribution in [0, 0.1) is 25.9 Å². The molecule has 0 unspecified atom stereocenters. The summed E-state index contributed by atoms with van der Waals surface area (Å²) < 4.78 is 75.2. The van der Waals surface area contributed by atoms with E-state index in [1.807, 2.05) is 71.6 Å². The van der Waals surface area contributed by atoms with Gasteiger partial charge in [-0.05, 0) is 29.8 Å². The maximum Gasteiger partial charge on any atom is 3.00 e. The molecule has 1 radical (unpaired) electrons. The van der Waals surface area contributed by atoms with Crippen molar-refractivity contribution in [2.75, 3.05) is 6.54 Å². The molecule has 0 aliphatic rings. The molecule has 0 fully saturated rings. The van der Waals surface area contributed by atoms with Crippen LogP contribution in [0.1, 0.15) is 17.0 Å². The van der Waals surface area contributed by atoms with E-state index in [1.165, 1.54) is 0 Å². The Bertz CT molecular complexity index is 981. The predicted molar refractivity (Wildman–Crippen MR) is 103 cm³/mol. The van der Waals surface area contributed by atoms with Crippen LogP contribution in [-0.2, 0) is 46.3 Å². The number of benzene rings is 1. The van der Waals surface area contributed by atoms with Crippen LogP contribution < -0.4 is 42.6 Å². The third kappa shape index (κ3) is 26.8. The summed E-state index contributed by atoms with van der Waals surface area (Å²) >= 11 is 0. The molecule has 0 saturated heterocycles. The van der Waals surface area contributed by atoms with Gasteiger partial charge in [0.2, 0.25) is 5.91 Å². The van der Waals surface area contributed by atoms with Gasteiger partial charge in [-0.3, -0.25) is 19.7 Å². The van der Waals surface area contributed by atoms with Crippen molar-refractivity contribution in [3.63, 3.8) is 0 Å². The molecule has 0 saturated carbocycles. The Kier molecular flexibility index (Phi) is 21.0. The van der Waals surface area contributed by atoms with Crippen LogP contribution >= 0.6 is 0 Å². The van der Waals surface area contributed by atoms with Gasteiger partial charge in [-0.1, -0.05) is 42.5 Å². The van der Waals surface area contributed by atoms with Crippen molar-refractivity contribution in [2.45, 2.75) is 19.6 Å². The Balaban J connectivity index is 0. The first-order chi connectivity index (χ1) is 17.8. The minimum atomic E-state index is -4.94. The molecule has 0 aliphatic heterocycles. The third-order valence-electron chi connectivity index (χ3n) is 3.92. The Labute approximate surface area is 237 Å². The number of aromatic nitrogens is 2. The molecule has 0 atom stereocenters. The first-order valence-electron chi connectivity index (χ1n) is 10.0. The van der Waals surface area contributed by atoms with E-state index in [4.69, 9.17) is 47.5 Å². The van der Waals surface area contributed by atoms with Crippen LogP contribution in [0.3, 0.4) is 0 Å². The topological polar surface area (TPSA) is 286 Å². The van der Waals surface area contributed by atoms with Gasteiger partial charge in [0.1, 0.15) is 0 Å². The summed E-state index contributed by atoms with van der Waals surface area (Å²) in [5, 5.41) is 2.98. The van der Waals surface area contributed by atoms with Crippen LogP contribution in [0.15, 0.2) is 79.1 Å². The summed E-state index contributed by atoms with van der Waals surface area (Å²) in [5.41, 5.74) is 8.69. The van der Waals surface area contributed by atoms with Gasteiger partial charge in [-0.15, -0.1) is 20.5 Å². The fourth-order valence-electron chi connectivity index (χ4n) is 2.66. The van der Waals surface area contributed by atoms with E-state index in [9.17, 15) is 4.79 Å². The Hall–Kier alpha value is -2.60. The van der Waals surface area contributed by atoms with Crippen LogP contribution in [-0.4, -0.2) is 27.3 Å². The molecule has 211 valence electrons. The van der Waals surface area contributed by atoms with E-state index in [0.717, 1.165) is 17.0 Å². The van der Waals surface area contributed by atoms with Crippen LogP contribution in [0.5, 0.6) is 0 Å². The Morgan fingerprint density at radius 1 is 0.744 bits per heavy atom. The van der Waals surface area contributed by atoms with Gasteiger partial charge < -0.3 is 5.32 Å². The minimum Gasteiger partial charge on any atom is -0.351 e. The number of nitrogens with one attached hydrogen (secondary N) is 1. The molecule has 0 aliphatic carbocycles. The maximum atomic E-state index is 12.4. The second-order valence-corrected chi connectivity index (χ2v) is 8.32. The SMILES string of the molecule is N#[O+].O=C(CN(Cc1ccccn1)Cc1ccccn1)NCc1ccccc1.[Fe+3].[O-][Cl+3]([O-])([O-])[O-].[O-][Cl+3]([O-])([O-])[O-]. The zero-order chi connectivity index (χ0) is 29.0. The number of nitrogens with zero attached hydrogens (tertiary/aromatic N) is 4. The van der Waals surface area contributed by atoms with Crippen molar-refractivity contribution in [2.24, 2.45) is 0 Å². The van der Waals surface area contributed by atoms with Crippen molar-refractivity contribution in [3.05, 3.63) is 96.1 Å². The van der Waals surface area contributed by atoms with Gasteiger partial charge in [0, 0.05) is 32.0 Å². The summed E-state index contributed by atoms with van der Waals surface area (Å²) in [7, 11) is -9.89. The van der Waals surface area contributed by atoms with Crippen molar-refractivity contribution in [1.82, 2.24) is 20.2 Å². The minimum absolute atomic E-state index is 0. The third-order valence-corrected chi connectivity index (χ3v) is 3.92. The molecule has 0 spiro atoms. The average Bonchev–Trinajstić information content (AvgIpc) is 2.84. The average molecular weight is 631 g/mol. The quantitative estimate of drug-likeness (QED) is 0.179. The smallest absolute Gasteiger partial charge is 0.351 e. The molecule has 2 heterocycles. The first-order valence-corrected chi connectivity index (χ1v) is 12.5. The van der Waals surface area contributed by atoms with Gasteiger partial charge in [0.25, 0.3) is 0 Å². The maximum absolute atomic E-state index is 12.4. The predicted octanol–water partition coefficient (Wildman–Crippen LogP) is -6.82. The molecular weight excluding hydrogens is 609 g/mol. The normalized spacial score (nSPS) is 10.2. The number of amides is 1. The Morgan fingerprint density at radius 2 is 1.13 bits per heavy atom. The fraction of sp³-hybridized carbons (Fsp3) is 0.190. The summed E-state index contributed by atoms with van der Waals surface area (Å²) in [6.07, 6.45) is 3.54. The molecule has 1 aromatic carbocycles. The molecule has 3 rings (SSSR count). The largest absolute Gasteiger partial charge is 3.00 e. The van der Waals surface area contributed by atoms with Crippen molar-refractivity contribution in [3.8, 4) is 0 Å². The number of halogens is 2. The van der Waals surface area contributed by atoms with E-state index in [2.05, 4.69) is 15.3 Å². The number of pyridine rings is 2. The van der Waals surface area contributed by atoms with Crippen molar-refractivity contribution in [1.29, 1.82) is 5.46 Å². The van der Waals surface area contributed by atoms with Gasteiger partial charge in [-0.25, -0.2) is 37.3 Å². The monoisotopic (exact) mass is 630 g/mol.